The van der Waals surface area contributed by atoms with Crippen LogP contribution in [0.3, 0.4) is 0 Å². The summed E-state index contributed by atoms with van der Waals surface area (Å²) >= 11 is 0. The topological polar surface area (TPSA) is 37.0 Å². The molecule has 1 aliphatic rings. The molecule has 138 valence electrons. The van der Waals surface area contributed by atoms with Gasteiger partial charge in [-0.05, 0) is 49.6 Å². The highest BCUT2D eigenvalue weighted by molar-refractivity contribution is 5.50. The van der Waals surface area contributed by atoms with Crippen molar-refractivity contribution in [2.24, 2.45) is 5.92 Å². The molecule has 2 N–H and O–H groups in total. The predicted octanol–water partition coefficient (Wildman–Crippen LogP) is 4.55. The number of hydrogen-bond donors (Lipinski definition) is 2. The van der Waals surface area contributed by atoms with Gasteiger partial charge < -0.3 is 10.6 Å². The van der Waals surface area contributed by atoms with Crippen molar-refractivity contribution in [1.82, 2.24) is 10.3 Å². The Kier molecular flexibility index (Phi) is 5.50. The molecule has 3 nitrogen and oxygen atoms in total. The van der Waals surface area contributed by atoms with E-state index in [9.17, 15) is 0 Å². The first kappa shape index (κ1) is 17.7. The highest BCUT2D eigenvalue weighted by Gasteiger charge is 2.27. The van der Waals surface area contributed by atoms with Crippen molar-refractivity contribution >= 4 is 5.69 Å². The summed E-state index contributed by atoms with van der Waals surface area (Å²) in [6.07, 6.45) is 3.93. The zero-order valence-corrected chi connectivity index (χ0v) is 15.9. The zero-order valence-electron chi connectivity index (χ0n) is 15.9. The second-order valence-electron chi connectivity index (χ2n) is 7.42. The molecule has 27 heavy (non-hydrogen) atoms. The molecule has 0 bridgehead atoms. The van der Waals surface area contributed by atoms with Gasteiger partial charge in [0, 0.05) is 24.7 Å². The Bertz CT molecular complexity index is 858. The summed E-state index contributed by atoms with van der Waals surface area (Å²) in [5.41, 5.74) is 6.41. The molecule has 0 radical (unpaired) electrons. The number of rotatable bonds is 6. The van der Waals surface area contributed by atoms with E-state index in [0.29, 0.717) is 12.0 Å². The monoisotopic (exact) mass is 357 g/mol. The molecule has 2 heterocycles. The fourth-order valence-corrected chi connectivity index (χ4v) is 3.90. The Balaban J connectivity index is 1.47. The number of hydrogen-bond acceptors (Lipinski definition) is 3. The highest BCUT2D eigenvalue weighted by Crippen LogP contribution is 2.31. The average molecular weight is 358 g/mol. The lowest BCUT2D eigenvalue weighted by molar-refractivity contribution is 0.365. The molecule has 0 spiro atoms. The van der Waals surface area contributed by atoms with Crippen LogP contribution in [0.5, 0.6) is 0 Å². The lowest BCUT2D eigenvalue weighted by Crippen LogP contribution is -2.37. The molecule has 0 saturated heterocycles. The van der Waals surface area contributed by atoms with Crippen LogP contribution in [0.15, 0.2) is 72.9 Å². The molecule has 1 aromatic heterocycles. The van der Waals surface area contributed by atoms with Crippen molar-refractivity contribution in [2.75, 3.05) is 18.4 Å². The SMILES string of the molecule is Cc1ccc(CCN[C@H](c2ccccc2)[C@H]2CNc3cccnc3C2)cc1. The summed E-state index contributed by atoms with van der Waals surface area (Å²) in [5, 5.41) is 7.41. The predicted molar refractivity (Wildman–Crippen MR) is 112 cm³/mol. The fourth-order valence-electron chi connectivity index (χ4n) is 3.90. The van der Waals surface area contributed by atoms with E-state index in [-0.39, 0.29) is 0 Å². The van der Waals surface area contributed by atoms with Crippen LogP contribution in [0.25, 0.3) is 0 Å². The van der Waals surface area contributed by atoms with Crippen molar-refractivity contribution in [3.05, 3.63) is 95.3 Å². The summed E-state index contributed by atoms with van der Waals surface area (Å²) < 4.78 is 0. The maximum Gasteiger partial charge on any atom is 0.0638 e. The summed E-state index contributed by atoms with van der Waals surface area (Å²) in [7, 11) is 0. The van der Waals surface area contributed by atoms with E-state index < -0.39 is 0 Å². The van der Waals surface area contributed by atoms with Crippen molar-refractivity contribution in [1.29, 1.82) is 0 Å². The third kappa shape index (κ3) is 4.37. The summed E-state index contributed by atoms with van der Waals surface area (Å²) in [6.45, 7) is 4.07. The minimum atomic E-state index is 0.319. The number of fused-ring (bicyclic) bond motifs is 1. The van der Waals surface area contributed by atoms with Gasteiger partial charge in [-0.1, -0.05) is 60.2 Å². The molecule has 3 aromatic rings. The van der Waals surface area contributed by atoms with Crippen molar-refractivity contribution in [2.45, 2.75) is 25.8 Å². The molecular formula is C24H27N3. The first-order valence-corrected chi connectivity index (χ1v) is 9.81. The van der Waals surface area contributed by atoms with E-state index in [2.05, 4.69) is 83.2 Å². The number of nitrogens with one attached hydrogen (secondary N) is 2. The molecule has 0 saturated carbocycles. The van der Waals surface area contributed by atoms with Gasteiger partial charge in [-0.25, -0.2) is 0 Å². The summed E-state index contributed by atoms with van der Waals surface area (Å²) in [4.78, 5) is 4.59. The van der Waals surface area contributed by atoms with Crippen LogP contribution in [-0.4, -0.2) is 18.1 Å². The van der Waals surface area contributed by atoms with Crippen LogP contribution in [0, 0.1) is 12.8 Å². The molecule has 1 aliphatic heterocycles. The van der Waals surface area contributed by atoms with Gasteiger partial charge in [0.15, 0.2) is 0 Å². The third-order valence-corrected chi connectivity index (χ3v) is 5.43. The Hall–Kier alpha value is -2.65. The van der Waals surface area contributed by atoms with E-state index in [1.165, 1.54) is 28.1 Å². The Morgan fingerprint density at radius 3 is 2.67 bits per heavy atom. The maximum atomic E-state index is 4.59. The number of pyridine rings is 1. The minimum Gasteiger partial charge on any atom is -0.383 e. The van der Waals surface area contributed by atoms with Crippen LogP contribution < -0.4 is 10.6 Å². The second-order valence-corrected chi connectivity index (χ2v) is 7.42. The van der Waals surface area contributed by atoms with E-state index >= 15 is 0 Å². The fraction of sp³-hybridized carbons (Fsp3) is 0.292. The van der Waals surface area contributed by atoms with Gasteiger partial charge in [-0.2, -0.15) is 0 Å². The Morgan fingerprint density at radius 1 is 1.04 bits per heavy atom. The number of aromatic nitrogens is 1. The van der Waals surface area contributed by atoms with E-state index in [0.717, 1.165) is 25.9 Å². The average Bonchev–Trinajstić information content (AvgIpc) is 2.73. The van der Waals surface area contributed by atoms with Gasteiger partial charge in [0.25, 0.3) is 0 Å². The normalized spacial score (nSPS) is 17.0. The van der Waals surface area contributed by atoms with Crippen molar-refractivity contribution < 1.29 is 0 Å². The minimum absolute atomic E-state index is 0.319. The Morgan fingerprint density at radius 2 is 1.85 bits per heavy atom. The number of nitrogens with zero attached hydrogens (tertiary/aromatic N) is 1. The zero-order chi connectivity index (χ0) is 18.5. The van der Waals surface area contributed by atoms with Crippen LogP contribution in [0.4, 0.5) is 5.69 Å². The number of aryl methyl sites for hydroxylation is 1. The van der Waals surface area contributed by atoms with Crippen LogP contribution in [0.1, 0.15) is 28.4 Å². The first-order chi connectivity index (χ1) is 13.3. The Labute approximate surface area is 161 Å². The quantitative estimate of drug-likeness (QED) is 0.680. The van der Waals surface area contributed by atoms with Gasteiger partial charge in [0.05, 0.1) is 11.4 Å². The van der Waals surface area contributed by atoms with Crippen LogP contribution in [0.2, 0.25) is 0 Å². The van der Waals surface area contributed by atoms with Crippen LogP contribution in [-0.2, 0) is 12.8 Å². The molecule has 2 aromatic carbocycles. The smallest absolute Gasteiger partial charge is 0.0638 e. The lowest BCUT2D eigenvalue weighted by Gasteiger charge is -2.33. The van der Waals surface area contributed by atoms with Gasteiger partial charge in [0.2, 0.25) is 0 Å². The molecule has 3 heteroatoms. The molecule has 4 rings (SSSR count). The van der Waals surface area contributed by atoms with E-state index in [1.54, 1.807) is 0 Å². The van der Waals surface area contributed by atoms with Gasteiger partial charge >= 0.3 is 0 Å². The lowest BCUT2D eigenvalue weighted by atomic mass is 9.86. The first-order valence-electron chi connectivity index (χ1n) is 9.81. The standard InChI is InChI=1S/C24H27N3/c1-18-9-11-19(12-10-18)13-15-26-24(20-6-3-2-4-7-20)21-16-23-22(27-17-21)8-5-14-25-23/h2-12,14,21,24,26-27H,13,15-17H2,1H3/t21-,24-/m1/s1. The molecular weight excluding hydrogens is 330 g/mol. The summed E-state index contributed by atoms with van der Waals surface area (Å²) in [6, 6.07) is 24.1. The van der Waals surface area contributed by atoms with E-state index in [1.807, 2.05) is 12.3 Å². The molecule has 0 unspecified atom stereocenters. The maximum absolute atomic E-state index is 4.59. The highest BCUT2D eigenvalue weighted by atomic mass is 15.0. The van der Waals surface area contributed by atoms with Crippen molar-refractivity contribution in [3.8, 4) is 0 Å². The van der Waals surface area contributed by atoms with Gasteiger partial charge in [0.1, 0.15) is 0 Å². The van der Waals surface area contributed by atoms with Crippen molar-refractivity contribution in [3.63, 3.8) is 0 Å². The van der Waals surface area contributed by atoms with Gasteiger partial charge in [-0.15, -0.1) is 0 Å². The molecule has 0 amide bonds. The van der Waals surface area contributed by atoms with E-state index in [4.69, 9.17) is 0 Å². The number of benzene rings is 2. The largest absolute Gasteiger partial charge is 0.383 e. The molecule has 2 atom stereocenters. The third-order valence-electron chi connectivity index (χ3n) is 5.43. The summed E-state index contributed by atoms with van der Waals surface area (Å²) in [5.74, 6) is 0.479. The van der Waals surface area contributed by atoms with Crippen LogP contribution >= 0.6 is 0 Å². The second kappa shape index (κ2) is 8.36. The number of anilines is 1. The van der Waals surface area contributed by atoms with Gasteiger partial charge in [-0.3, -0.25) is 4.98 Å². The molecule has 0 aliphatic carbocycles. The molecule has 0 fully saturated rings.